The zero-order chi connectivity index (χ0) is 14.4. The summed E-state index contributed by atoms with van der Waals surface area (Å²) in [6, 6.07) is 0.783. The molecule has 0 aromatic heterocycles. The summed E-state index contributed by atoms with van der Waals surface area (Å²) in [6.07, 6.45) is 5.68. The zero-order valence-corrected chi connectivity index (χ0v) is 13.9. The van der Waals surface area contributed by atoms with Crippen molar-refractivity contribution >= 4 is 0 Å². The average Bonchev–Trinajstić information content (AvgIpc) is 2.42. The predicted octanol–water partition coefficient (Wildman–Crippen LogP) is 2.43. The standard InChI is InChI=1S/C17H35N3/c1-15(2)14-20-12-10-19(11-13-20)9-8-18-17-7-5-4-6-16(17)3/h15-18H,4-14H2,1-3H3. The molecule has 0 aromatic carbocycles. The summed E-state index contributed by atoms with van der Waals surface area (Å²) in [6.45, 7) is 15.8. The Balaban J connectivity index is 1.57. The normalized spacial score (nSPS) is 30.0. The van der Waals surface area contributed by atoms with Crippen LogP contribution in [0.4, 0.5) is 0 Å². The van der Waals surface area contributed by atoms with Crippen LogP contribution in [0.15, 0.2) is 0 Å². The Morgan fingerprint density at radius 3 is 2.30 bits per heavy atom. The van der Waals surface area contributed by atoms with Crippen molar-refractivity contribution in [3.8, 4) is 0 Å². The number of nitrogens with zero attached hydrogens (tertiary/aromatic N) is 2. The fourth-order valence-electron chi connectivity index (χ4n) is 3.74. The quantitative estimate of drug-likeness (QED) is 0.807. The van der Waals surface area contributed by atoms with Crippen molar-refractivity contribution in [2.24, 2.45) is 11.8 Å². The van der Waals surface area contributed by atoms with E-state index in [4.69, 9.17) is 0 Å². The van der Waals surface area contributed by atoms with E-state index >= 15 is 0 Å². The maximum atomic E-state index is 3.81. The van der Waals surface area contributed by atoms with Gasteiger partial charge in [0, 0.05) is 51.9 Å². The fourth-order valence-corrected chi connectivity index (χ4v) is 3.74. The third-order valence-electron chi connectivity index (χ3n) is 5.03. The molecule has 2 atom stereocenters. The van der Waals surface area contributed by atoms with Gasteiger partial charge in [-0.05, 0) is 24.7 Å². The molecule has 0 radical (unpaired) electrons. The van der Waals surface area contributed by atoms with Gasteiger partial charge in [0.2, 0.25) is 0 Å². The topological polar surface area (TPSA) is 18.5 Å². The monoisotopic (exact) mass is 281 g/mol. The summed E-state index contributed by atoms with van der Waals surface area (Å²) in [7, 11) is 0. The molecule has 3 nitrogen and oxygen atoms in total. The third kappa shape index (κ3) is 5.34. The van der Waals surface area contributed by atoms with Gasteiger partial charge in [0.1, 0.15) is 0 Å². The van der Waals surface area contributed by atoms with E-state index in [1.54, 1.807) is 0 Å². The summed E-state index contributed by atoms with van der Waals surface area (Å²) in [4.78, 5) is 5.26. The molecule has 1 aliphatic heterocycles. The molecule has 1 saturated carbocycles. The first-order valence-electron chi connectivity index (χ1n) is 8.83. The van der Waals surface area contributed by atoms with Crippen LogP contribution in [0.2, 0.25) is 0 Å². The Hall–Kier alpha value is -0.120. The van der Waals surface area contributed by atoms with Crippen LogP contribution in [-0.2, 0) is 0 Å². The van der Waals surface area contributed by atoms with Gasteiger partial charge in [0.05, 0.1) is 0 Å². The Morgan fingerprint density at radius 1 is 1.00 bits per heavy atom. The number of hydrogen-bond acceptors (Lipinski definition) is 3. The average molecular weight is 281 g/mol. The van der Waals surface area contributed by atoms with Crippen molar-refractivity contribution in [2.45, 2.75) is 52.5 Å². The van der Waals surface area contributed by atoms with E-state index in [1.807, 2.05) is 0 Å². The first-order chi connectivity index (χ1) is 9.65. The van der Waals surface area contributed by atoms with Crippen LogP contribution >= 0.6 is 0 Å². The van der Waals surface area contributed by atoms with Gasteiger partial charge >= 0.3 is 0 Å². The van der Waals surface area contributed by atoms with E-state index in [2.05, 4.69) is 35.9 Å². The minimum Gasteiger partial charge on any atom is -0.312 e. The predicted molar refractivity (Wildman–Crippen MR) is 87.1 cm³/mol. The molecule has 20 heavy (non-hydrogen) atoms. The molecule has 0 bridgehead atoms. The zero-order valence-electron chi connectivity index (χ0n) is 13.9. The highest BCUT2D eigenvalue weighted by molar-refractivity contribution is 4.79. The highest BCUT2D eigenvalue weighted by Crippen LogP contribution is 2.23. The molecule has 2 rings (SSSR count). The van der Waals surface area contributed by atoms with Gasteiger partial charge in [-0.2, -0.15) is 0 Å². The van der Waals surface area contributed by atoms with E-state index in [9.17, 15) is 0 Å². The molecule has 0 amide bonds. The minimum absolute atomic E-state index is 0.783. The summed E-state index contributed by atoms with van der Waals surface area (Å²) >= 11 is 0. The molecule has 118 valence electrons. The maximum absolute atomic E-state index is 3.81. The SMILES string of the molecule is CC(C)CN1CCN(CCNC2CCCCC2C)CC1. The minimum atomic E-state index is 0.783. The number of nitrogens with one attached hydrogen (secondary N) is 1. The molecule has 2 aliphatic rings. The van der Waals surface area contributed by atoms with Gasteiger partial charge in [0.25, 0.3) is 0 Å². The second-order valence-corrected chi connectivity index (χ2v) is 7.36. The lowest BCUT2D eigenvalue weighted by Crippen LogP contribution is -2.50. The largest absolute Gasteiger partial charge is 0.312 e. The summed E-state index contributed by atoms with van der Waals surface area (Å²) in [5.74, 6) is 1.68. The number of hydrogen-bond donors (Lipinski definition) is 1. The van der Waals surface area contributed by atoms with Gasteiger partial charge in [-0.3, -0.25) is 4.90 Å². The van der Waals surface area contributed by atoms with Crippen LogP contribution in [0.3, 0.4) is 0 Å². The number of rotatable bonds is 6. The molecule has 2 fully saturated rings. The van der Waals surface area contributed by atoms with Crippen molar-refractivity contribution in [2.75, 3.05) is 45.8 Å². The fraction of sp³-hybridized carbons (Fsp3) is 1.00. The van der Waals surface area contributed by atoms with Gasteiger partial charge in [-0.25, -0.2) is 0 Å². The first kappa shape index (κ1) is 16.3. The van der Waals surface area contributed by atoms with E-state index in [1.165, 1.54) is 71.5 Å². The molecule has 1 N–H and O–H groups in total. The van der Waals surface area contributed by atoms with Crippen LogP contribution in [0, 0.1) is 11.8 Å². The second kappa shape index (κ2) is 8.35. The van der Waals surface area contributed by atoms with Crippen molar-refractivity contribution in [1.82, 2.24) is 15.1 Å². The Labute approximate surface area is 126 Å². The first-order valence-corrected chi connectivity index (χ1v) is 8.83. The molecular formula is C17H35N3. The lowest BCUT2D eigenvalue weighted by atomic mass is 9.86. The van der Waals surface area contributed by atoms with Crippen molar-refractivity contribution < 1.29 is 0 Å². The molecule has 0 aromatic rings. The lowest BCUT2D eigenvalue weighted by Gasteiger charge is -2.36. The Kier molecular flexibility index (Phi) is 6.79. The van der Waals surface area contributed by atoms with Gasteiger partial charge in [0.15, 0.2) is 0 Å². The van der Waals surface area contributed by atoms with Crippen molar-refractivity contribution in [1.29, 1.82) is 0 Å². The van der Waals surface area contributed by atoms with Crippen LogP contribution in [-0.4, -0.2) is 61.7 Å². The van der Waals surface area contributed by atoms with E-state index in [0.717, 1.165) is 17.9 Å². The molecule has 1 heterocycles. The molecule has 0 spiro atoms. The summed E-state index contributed by atoms with van der Waals surface area (Å²) < 4.78 is 0. The van der Waals surface area contributed by atoms with Crippen molar-refractivity contribution in [3.05, 3.63) is 0 Å². The highest BCUT2D eigenvalue weighted by atomic mass is 15.3. The summed E-state index contributed by atoms with van der Waals surface area (Å²) in [5.41, 5.74) is 0. The number of piperazine rings is 1. The van der Waals surface area contributed by atoms with E-state index in [-0.39, 0.29) is 0 Å². The Morgan fingerprint density at radius 2 is 1.65 bits per heavy atom. The summed E-state index contributed by atoms with van der Waals surface area (Å²) in [5, 5.41) is 3.81. The molecular weight excluding hydrogens is 246 g/mol. The third-order valence-corrected chi connectivity index (χ3v) is 5.03. The van der Waals surface area contributed by atoms with Crippen LogP contribution in [0.25, 0.3) is 0 Å². The highest BCUT2D eigenvalue weighted by Gasteiger charge is 2.21. The van der Waals surface area contributed by atoms with Gasteiger partial charge in [-0.15, -0.1) is 0 Å². The van der Waals surface area contributed by atoms with E-state index < -0.39 is 0 Å². The maximum Gasteiger partial charge on any atom is 0.0110 e. The molecule has 1 saturated heterocycles. The smallest absolute Gasteiger partial charge is 0.0110 e. The van der Waals surface area contributed by atoms with Crippen LogP contribution < -0.4 is 5.32 Å². The molecule has 2 unspecified atom stereocenters. The second-order valence-electron chi connectivity index (χ2n) is 7.36. The molecule has 3 heteroatoms. The van der Waals surface area contributed by atoms with Crippen molar-refractivity contribution in [3.63, 3.8) is 0 Å². The van der Waals surface area contributed by atoms with E-state index in [0.29, 0.717) is 0 Å². The lowest BCUT2D eigenvalue weighted by molar-refractivity contribution is 0.120. The van der Waals surface area contributed by atoms with Gasteiger partial charge < -0.3 is 10.2 Å². The van der Waals surface area contributed by atoms with Gasteiger partial charge in [-0.1, -0.05) is 33.6 Å². The molecule has 1 aliphatic carbocycles. The van der Waals surface area contributed by atoms with Crippen LogP contribution in [0.5, 0.6) is 0 Å². The van der Waals surface area contributed by atoms with Crippen LogP contribution in [0.1, 0.15) is 46.5 Å². The Bertz CT molecular complexity index is 259.